The number of fused-ring (bicyclic) bond motifs is 2. The molecule has 0 aromatic rings. The van der Waals surface area contributed by atoms with Crippen molar-refractivity contribution in [3.63, 3.8) is 0 Å². The minimum Gasteiger partial charge on any atom is -0.502 e. The predicted molar refractivity (Wildman–Crippen MR) is 60.6 cm³/mol. The van der Waals surface area contributed by atoms with E-state index in [1.165, 1.54) is 38.4 Å². The lowest BCUT2D eigenvalue weighted by Gasteiger charge is -2.34. The zero-order valence-electron chi connectivity index (χ0n) is 9.71. The summed E-state index contributed by atoms with van der Waals surface area (Å²) < 4.78 is 11.2. The summed E-state index contributed by atoms with van der Waals surface area (Å²) in [6.07, 6.45) is 10.1. The van der Waals surface area contributed by atoms with Crippen LogP contribution in [0.2, 0.25) is 0 Å². The van der Waals surface area contributed by atoms with E-state index in [2.05, 4.69) is 13.5 Å². The van der Waals surface area contributed by atoms with E-state index in [9.17, 15) is 0 Å². The van der Waals surface area contributed by atoms with Crippen LogP contribution in [0.25, 0.3) is 0 Å². The van der Waals surface area contributed by atoms with Crippen molar-refractivity contribution < 1.29 is 9.47 Å². The molecule has 0 aromatic carbocycles. The van der Waals surface area contributed by atoms with E-state index in [-0.39, 0.29) is 0 Å². The van der Waals surface area contributed by atoms with Gasteiger partial charge in [-0.05, 0) is 43.9 Å². The van der Waals surface area contributed by atoms with Gasteiger partial charge in [-0.15, -0.1) is 0 Å². The molecule has 2 aliphatic rings. The molecule has 2 heterocycles. The van der Waals surface area contributed by atoms with Crippen LogP contribution in [-0.4, -0.2) is 18.8 Å². The summed E-state index contributed by atoms with van der Waals surface area (Å²) in [5.74, 6) is 0. The molecule has 0 spiro atoms. The molecular weight excluding hydrogens is 188 g/mol. The molecule has 86 valence electrons. The minimum atomic E-state index is 0.466. The van der Waals surface area contributed by atoms with Crippen LogP contribution in [0.4, 0.5) is 0 Å². The van der Waals surface area contributed by atoms with Crippen molar-refractivity contribution in [3.05, 3.63) is 12.8 Å². The second-order valence-electron chi connectivity index (χ2n) is 4.89. The summed E-state index contributed by atoms with van der Waals surface area (Å²) in [5.41, 5.74) is 0.466. The van der Waals surface area contributed by atoms with Crippen LogP contribution in [0.15, 0.2) is 12.8 Å². The average molecular weight is 210 g/mol. The third kappa shape index (κ3) is 2.05. The molecule has 2 saturated heterocycles. The van der Waals surface area contributed by atoms with Gasteiger partial charge in [0.2, 0.25) is 0 Å². The molecule has 0 saturated carbocycles. The first-order valence-corrected chi connectivity index (χ1v) is 6.19. The van der Waals surface area contributed by atoms with Crippen LogP contribution in [0.3, 0.4) is 0 Å². The van der Waals surface area contributed by atoms with Gasteiger partial charge >= 0.3 is 0 Å². The van der Waals surface area contributed by atoms with Crippen molar-refractivity contribution >= 4 is 0 Å². The van der Waals surface area contributed by atoms with E-state index in [1.807, 2.05) is 0 Å². The molecule has 2 heteroatoms. The highest BCUT2D eigenvalue weighted by Crippen LogP contribution is 2.52. The smallest absolute Gasteiger partial charge is 0.0873 e. The van der Waals surface area contributed by atoms with E-state index >= 15 is 0 Å². The van der Waals surface area contributed by atoms with Crippen LogP contribution in [0.5, 0.6) is 0 Å². The Kier molecular flexibility index (Phi) is 3.35. The Hall–Kier alpha value is -0.500. The standard InChI is InChI=1S/C13H22O2/c1-3-13(8-5-9-14-4-2)10-11-6-7-12(13)15-11/h4,11-12H,2-3,5-10H2,1H3. The Bertz CT molecular complexity index is 227. The maximum atomic E-state index is 5.98. The normalized spacial score (nSPS) is 38.2. The largest absolute Gasteiger partial charge is 0.502 e. The Morgan fingerprint density at radius 3 is 2.93 bits per heavy atom. The molecular formula is C13H22O2. The van der Waals surface area contributed by atoms with Crippen molar-refractivity contribution in [2.45, 2.75) is 57.7 Å². The SMILES string of the molecule is C=COCCCC1(CC)CC2CCC1O2. The summed E-state index contributed by atoms with van der Waals surface area (Å²) in [4.78, 5) is 0. The fourth-order valence-corrected chi connectivity index (χ4v) is 3.29. The van der Waals surface area contributed by atoms with Gasteiger partial charge in [0.05, 0.1) is 25.1 Å². The summed E-state index contributed by atoms with van der Waals surface area (Å²) >= 11 is 0. The van der Waals surface area contributed by atoms with Crippen LogP contribution in [0.1, 0.15) is 45.4 Å². The molecule has 0 aromatic heterocycles. The maximum Gasteiger partial charge on any atom is 0.0873 e. The number of hydrogen-bond donors (Lipinski definition) is 0. The zero-order valence-corrected chi connectivity index (χ0v) is 9.71. The van der Waals surface area contributed by atoms with Crippen molar-refractivity contribution in [1.82, 2.24) is 0 Å². The summed E-state index contributed by atoms with van der Waals surface area (Å²) in [6, 6.07) is 0. The second-order valence-corrected chi connectivity index (χ2v) is 4.89. The predicted octanol–water partition coefficient (Wildman–Crippen LogP) is 3.27. The van der Waals surface area contributed by atoms with E-state index in [4.69, 9.17) is 9.47 Å². The average Bonchev–Trinajstić information content (AvgIpc) is 2.85. The number of ether oxygens (including phenoxy) is 2. The van der Waals surface area contributed by atoms with Crippen molar-refractivity contribution in [3.8, 4) is 0 Å². The minimum absolute atomic E-state index is 0.466. The van der Waals surface area contributed by atoms with Gasteiger partial charge in [0, 0.05) is 0 Å². The molecule has 0 aliphatic carbocycles. The fourth-order valence-electron chi connectivity index (χ4n) is 3.29. The van der Waals surface area contributed by atoms with E-state index < -0.39 is 0 Å². The van der Waals surface area contributed by atoms with Crippen LogP contribution >= 0.6 is 0 Å². The lowest BCUT2D eigenvalue weighted by Crippen LogP contribution is -2.32. The Morgan fingerprint density at radius 2 is 2.40 bits per heavy atom. The Labute approximate surface area is 92.6 Å². The third-order valence-electron chi connectivity index (χ3n) is 4.18. The molecule has 2 rings (SSSR count). The van der Waals surface area contributed by atoms with Gasteiger partial charge in [-0.1, -0.05) is 13.5 Å². The van der Waals surface area contributed by atoms with Crippen LogP contribution in [-0.2, 0) is 9.47 Å². The lowest BCUT2D eigenvalue weighted by molar-refractivity contribution is 0.0502. The molecule has 3 atom stereocenters. The van der Waals surface area contributed by atoms with Gasteiger partial charge < -0.3 is 9.47 Å². The van der Waals surface area contributed by atoms with E-state index in [1.54, 1.807) is 0 Å². The second kappa shape index (κ2) is 4.56. The number of rotatable bonds is 6. The molecule has 2 bridgehead atoms. The van der Waals surface area contributed by atoms with E-state index in [0.717, 1.165) is 13.0 Å². The highest BCUT2D eigenvalue weighted by Gasteiger charge is 2.50. The van der Waals surface area contributed by atoms with Crippen molar-refractivity contribution in [2.24, 2.45) is 5.41 Å². The van der Waals surface area contributed by atoms with Gasteiger partial charge in [0.15, 0.2) is 0 Å². The highest BCUT2D eigenvalue weighted by atomic mass is 16.5. The molecule has 15 heavy (non-hydrogen) atoms. The quantitative estimate of drug-likeness (QED) is 0.495. The molecule has 2 nitrogen and oxygen atoms in total. The van der Waals surface area contributed by atoms with Gasteiger partial charge in [0.25, 0.3) is 0 Å². The third-order valence-corrected chi connectivity index (χ3v) is 4.18. The zero-order chi connectivity index (χ0) is 10.7. The first-order valence-electron chi connectivity index (χ1n) is 6.19. The molecule has 2 aliphatic heterocycles. The molecule has 0 amide bonds. The van der Waals surface area contributed by atoms with Crippen LogP contribution < -0.4 is 0 Å². The summed E-state index contributed by atoms with van der Waals surface area (Å²) in [7, 11) is 0. The summed E-state index contributed by atoms with van der Waals surface area (Å²) in [6.45, 7) is 6.67. The van der Waals surface area contributed by atoms with Gasteiger partial charge in [0.1, 0.15) is 0 Å². The van der Waals surface area contributed by atoms with Gasteiger partial charge in [-0.2, -0.15) is 0 Å². The molecule has 3 unspecified atom stereocenters. The number of hydrogen-bond acceptors (Lipinski definition) is 2. The Balaban J connectivity index is 1.84. The Morgan fingerprint density at radius 1 is 1.53 bits per heavy atom. The topological polar surface area (TPSA) is 18.5 Å². The molecule has 2 fully saturated rings. The van der Waals surface area contributed by atoms with Gasteiger partial charge in [-0.3, -0.25) is 0 Å². The fraction of sp³-hybridized carbons (Fsp3) is 0.846. The highest BCUT2D eigenvalue weighted by molar-refractivity contribution is 4.99. The van der Waals surface area contributed by atoms with Crippen molar-refractivity contribution in [1.29, 1.82) is 0 Å². The molecule has 0 N–H and O–H groups in total. The monoisotopic (exact) mass is 210 g/mol. The van der Waals surface area contributed by atoms with Crippen molar-refractivity contribution in [2.75, 3.05) is 6.61 Å². The maximum absolute atomic E-state index is 5.98. The summed E-state index contributed by atoms with van der Waals surface area (Å²) in [5, 5.41) is 0. The first kappa shape index (κ1) is 11.0. The first-order chi connectivity index (χ1) is 7.30. The lowest BCUT2D eigenvalue weighted by atomic mass is 9.69. The van der Waals surface area contributed by atoms with Crippen LogP contribution in [0, 0.1) is 5.41 Å². The van der Waals surface area contributed by atoms with E-state index in [0.29, 0.717) is 17.6 Å². The van der Waals surface area contributed by atoms with Gasteiger partial charge in [-0.25, -0.2) is 0 Å². The molecule has 0 radical (unpaired) electrons.